The quantitative estimate of drug-likeness (QED) is 0.615. The Hall–Kier alpha value is -2.27. The van der Waals surface area contributed by atoms with E-state index in [0.717, 1.165) is 35.1 Å². The summed E-state index contributed by atoms with van der Waals surface area (Å²) < 4.78 is 0. The Bertz CT molecular complexity index is 974. The van der Waals surface area contributed by atoms with E-state index < -0.39 is 0 Å². The van der Waals surface area contributed by atoms with Gasteiger partial charge < -0.3 is 10.2 Å². The maximum absolute atomic E-state index is 12.7. The smallest absolute Gasteiger partial charge is 0.321 e. The lowest BCUT2D eigenvalue weighted by Crippen LogP contribution is -2.49. The SMILES string of the molecule is O=C(Nc1cccc2ccccc12)N1CCN(Cc2c(Cl)cccc2Cl)CC1. The summed E-state index contributed by atoms with van der Waals surface area (Å²) in [7, 11) is 0. The van der Waals surface area contributed by atoms with Crippen molar-refractivity contribution in [2.45, 2.75) is 6.54 Å². The zero-order valence-electron chi connectivity index (χ0n) is 15.4. The molecule has 0 radical (unpaired) electrons. The van der Waals surface area contributed by atoms with Gasteiger partial charge in [-0.1, -0.05) is 65.7 Å². The Balaban J connectivity index is 1.38. The molecule has 4 rings (SSSR count). The fourth-order valence-corrected chi connectivity index (χ4v) is 4.06. The maximum Gasteiger partial charge on any atom is 0.321 e. The number of piperazine rings is 1. The van der Waals surface area contributed by atoms with Crippen molar-refractivity contribution < 1.29 is 4.79 Å². The molecule has 0 unspecified atom stereocenters. The molecule has 1 aliphatic rings. The third-order valence-electron chi connectivity index (χ3n) is 5.13. The first-order valence-corrected chi connectivity index (χ1v) is 10.1. The normalized spacial score (nSPS) is 15.0. The van der Waals surface area contributed by atoms with Crippen molar-refractivity contribution in [3.63, 3.8) is 0 Å². The van der Waals surface area contributed by atoms with Crippen LogP contribution in [0.4, 0.5) is 10.5 Å². The summed E-state index contributed by atoms with van der Waals surface area (Å²) in [6.07, 6.45) is 0. The van der Waals surface area contributed by atoms with Gasteiger partial charge in [-0.25, -0.2) is 4.79 Å². The van der Waals surface area contributed by atoms with Crippen LogP contribution in [-0.4, -0.2) is 42.0 Å². The first-order valence-electron chi connectivity index (χ1n) is 9.31. The van der Waals surface area contributed by atoms with Crippen LogP contribution in [0.2, 0.25) is 10.0 Å². The van der Waals surface area contributed by atoms with Crippen molar-refractivity contribution in [3.8, 4) is 0 Å². The number of nitrogens with zero attached hydrogens (tertiary/aromatic N) is 2. The number of nitrogens with one attached hydrogen (secondary N) is 1. The summed E-state index contributed by atoms with van der Waals surface area (Å²) >= 11 is 12.6. The molecule has 28 heavy (non-hydrogen) atoms. The molecule has 0 aliphatic carbocycles. The van der Waals surface area contributed by atoms with Crippen LogP contribution in [0, 0.1) is 0 Å². The van der Waals surface area contributed by atoms with Gasteiger partial charge in [-0.3, -0.25) is 4.90 Å². The largest absolute Gasteiger partial charge is 0.322 e. The van der Waals surface area contributed by atoms with Gasteiger partial charge in [0.25, 0.3) is 0 Å². The van der Waals surface area contributed by atoms with Gasteiger partial charge in [0.2, 0.25) is 0 Å². The molecule has 0 saturated carbocycles. The van der Waals surface area contributed by atoms with Gasteiger partial charge in [0.05, 0.1) is 5.69 Å². The fourth-order valence-electron chi connectivity index (χ4n) is 3.54. The molecule has 1 fully saturated rings. The van der Waals surface area contributed by atoms with E-state index in [9.17, 15) is 4.79 Å². The standard InChI is InChI=1S/C22H21Cl2N3O/c23-19-8-4-9-20(24)18(19)15-26-11-13-27(14-12-26)22(28)25-21-10-3-6-16-5-1-2-7-17(16)21/h1-10H,11-15H2,(H,25,28). The van der Waals surface area contributed by atoms with E-state index in [1.165, 1.54) is 0 Å². The second-order valence-corrected chi connectivity index (χ2v) is 7.73. The first kappa shape index (κ1) is 19.1. The molecule has 3 aromatic carbocycles. The van der Waals surface area contributed by atoms with Gasteiger partial charge in [-0.2, -0.15) is 0 Å². The second kappa shape index (κ2) is 8.39. The molecule has 0 spiro atoms. The van der Waals surface area contributed by atoms with E-state index in [-0.39, 0.29) is 6.03 Å². The molecular weight excluding hydrogens is 393 g/mol. The van der Waals surface area contributed by atoms with E-state index in [4.69, 9.17) is 23.2 Å². The average Bonchev–Trinajstić information content (AvgIpc) is 2.71. The highest BCUT2D eigenvalue weighted by molar-refractivity contribution is 6.35. The number of carbonyl (C=O) groups excluding carboxylic acids is 1. The average molecular weight is 414 g/mol. The Morgan fingerprint density at radius 2 is 1.50 bits per heavy atom. The number of anilines is 1. The minimum Gasteiger partial charge on any atom is -0.322 e. The Kier molecular flexibility index (Phi) is 5.72. The zero-order valence-corrected chi connectivity index (χ0v) is 16.9. The predicted molar refractivity (Wildman–Crippen MR) is 116 cm³/mol. The summed E-state index contributed by atoms with van der Waals surface area (Å²) in [5.74, 6) is 0. The summed E-state index contributed by atoms with van der Waals surface area (Å²) in [5.41, 5.74) is 1.79. The van der Waals surface area contributed by atoms with Crippen molar-refractivity contribution in [2.24, 2.45) is 0 Å². The Morgan fingerprint density at radius 3 is 2.25 bits per heavy atom. The molecule has 0 bridgehead atoms. The van der Waals surface area contributed by atoms with Crippen LogP contribution in [0.25, 0.3) is 10.8 Å². The molecule has 6 heteroatoms. The minimum atomic E-state index is -0.0632. The van der Waals surface area contributed by atoms with Gasteiger partial charge in [0.1, 0.15) is 0 Å². The van der Waals surface area contributed by atoms with Gasteiger partial charge >= 0.3 is 6.03 Å². The van der Waals surface area contributed by atoms with Crippen molar-refractivity contribution in [1.29, 1.82) is 0 Å². The van der Waals surface area contributed by atoms with Crippen LogP contribution in [0.3, 0.4) is 0 Å². The number of hydrogen-bond acceptors (Lipinski definition) is 2. The molecule has 1 heterocycles. The molecule has 1 aliphatic heterocycles. The van der Waals surface area contributed by atoms with Gasteiger partial charge in [0.15, 0.2) is 0 Å². The van der Waals surface area contributed by atoms with Crippen LogP contribution in [0.15, 0.2) is 60.7 Å². The van der Waals surface area contributed by atoms with E-state index >= 15 is 0 Å². The number of rotatable bonds is 3. The van der Waals surface area contributed by atoms with Crippen LogP contribution in [0.5, 0.6) is 0 Å². The number of amides is 2. The van der Waals surface area contributed by atoms with Crippen molar-refractivity contribution in [2.75, 3.05) is 31.5 Å². The predicted octanol–water partition coefficient (Wildman–Crippen LogP) is 5.50. The number of benzene rings is 3. The summed E-state index contributed by atoms with van der Waals surface area (Å²) in [6.45, 7) is 3.59. The number of carbonyl (C=O) groups is 1. The number of hydrogen-bond donors (Lipinski definition) is 1. The minimum absolute atomic E-state index is 0.0632. The van der Waals surface area contributed by atoms with Gasteiger partial charge in [-0.05, 0) is 23.6 Å². The van der Waals surface area contributed by atoms with Crippen molar-refractivity contribution in [1.82, 2.24) is 9.80 Å². The second-order valence-electron chi connectivity index (χ2n) is 6.92. The third kappa shape index (κ3) is 4.09. The Labute approximate surface area is 174 Å². The van der Waals surface area contributed by atoms with Crippen LogP contribution in [0.1, 0.15) is 5.56 Å². The summed E-state index contributed by atoms with van der Waals surface area (Å²) in [6, 6.07) is 19.5. The van der Waals surface area contributed by atoms with Crippen LogP contribution >= 0.6 is 23.2 Å². The third-order valence-corrected chi connectivity index (χ3v) is 5.84. The number of urea groups is 1. The molecule has 144 valence electrons. The molecule has 4 nitrogen and oxygen atoms in total. The highest BCUT2D eigenvalue weighted by Gasteiger charge is 2.22. The van der Waals surface area contributed by atoms with Crippen molar-refractivity contribution >= 4 is 45.7 Å². The molecule has 3 aromatic rings. The Morgan fingerprint density at radius 1 is 0.857 bits per heavy atom. The van der Waals surface area contributed by atoms with Gasteiger partial charge in [-0.15, -0.1) is 0 Å². The van der Waals surface area contributed by atoms with Crippen LogP contribution < -0.4 is 5.32 Å². The van der Waals surface area contributed by atoms with E-state index in [2.05, 4.69) is 10.2 Å². The highest BCUT2D eigenvalue weighted by atomic mass is 35.5. The molecule has 2 amide bonds. The highest BCUT2D eigenvalue weighted by Crippen LogP contribution is 2.26. The molecule has 1 saturated heterocycles. The van der Waals surface area contributed by atoms with E-state index in [1.54, 1.807) is 0 Å². The van der Waals surface area contributed by atoms with Crippen molar-refractivity contribution in [3.05, 3.63) is 76.3 Å². The zero-order chi connectivity index (χ0) is 19.5. The lowest BCUT2D eigenvalue weighted by Gasteiger charge is -2.35. The summed E-state index contributed by atoms with van der Waals surface area (Å²) in [5, 5.41) is 6.59. The monoisotopic (exact) mass is 413 g/mol. The van der Waals surface area contributed by atoms with Crippen LogP contribution in [-0.2, 0) is 6.54 Å². The summed E-state index contributed by atoms with van der Waals surface area (Å²) in [4.78, 5) is 16.9. The molecular formula is C22H21Cl2N3O. The fraction of sp³-hybridized carbons (Fsp3) is 0.227. The van der Waals surface area contributed by atoms with E-state index in [1.807, 2.05) is 65.6 Å². The topological polar surface area (TPSA) is 35.6 Å². The number of halogens is 2. The molecule has 0 atom stereocenters. The first-order chi connectivity index (χ1) is 13.6. The van der Waals surface area contributed by atoms with Gasteiger partial charge in [0, 0.05) is 53.7 Å². The van der Waals surface area contributed by atoms with E-state index in [0.29, 0.717) is 29.7 Å². The lowest BCUT2D eigenvalue weighted by atomic mass is 10.1. The maximum atomic E-state index is 12.7. The molecule has 0 aromatic heterocycles. The number of fused-ring (bicyclic) bond motifs is 1. The molecule has 1 N–H and O–H groups in total. The lowest BCUT2D eigenvalue weighted by molar-refractivity contribution is 0.143.